The molecule has 5 heavy (non-hydrogen) atoms. The van der Waals surface area contributed by atoms with E-state index in [2.05, 4.69) is 23.7 Å². The molecule has 0 fully saturated rings. The summed E-state index contributed by atoms with van der Waals surface area (Å²) in [4.78, 5) is 0. The maximum absolute atomic E-state index is 7.72. The Labute approximate surface area is 50.5 Å². The van der Waals surface area contributed by atoms with E-state index < -0.39 is 0 Å². The molecule has 0 unspecified atom stereocenters. The molecule has 0 aliphatic heterocycles. The molecule has 0 aromatic rings. The minimum Gasteiger partial charge on any atom is -0.769 e. The van der Waals surface area contributed by atoms with Crippen LogP contribution in [0.3, 0.4) is 0 Å². The Bertz CT molecular complexity index is 7.61. The van der Waals surface area contributed by atoms with Crippen LogP contribution in [0.25, 0.3) is 0 Å². The predicted octanol–water partition coefficient (Wildman–Crippen LogP) is -1.00. The van der Waals surface area contributed by atoms with Crippen molar-refractivity contribution in [1.29, 1.82) is 0 Å². The van der Waals surface area contributed by atoms with E-state index in [1.54, 1.807) is 0 Å². The third-order valence-corrected chi connectivity index (χ3v) is 0. The van der Waals surface area contributed by atoms with Crippen LogP contribution in [-0.4, -0.2) is 0 Å². The molecule has 33 valence electrons. The molecule has 0 aromatic carbocycles. The van der Waals surface area contributed by atoms with E-state index >= 15 is 0 Å². The van der Waals surface area contributed by atoms with Gasteiger partial charge in [0, 0.05) is 0 Å². The van der Waals surface area contributed by atoms with Gasteiger partial charge in [-0.1, -0.05) is 0 Å². The monoisotopic (exact) mass is 157 g/mol. The molecule has 0 atom stereocenters. The topological polar surface area (TPSA) is 46.1 Å². The number of hydrogen-bond donors (Lipinski definition) is 0. The van der Waals surface area contributed by atoms with E-state index in [-0.39, 0.29) is 17.1 Å². The Morgan fingerprint density at radius 1 is 0.800 bits per heavy atom. The molecule has 0 amide bonds. The summed E-state index contributed by atoms with van der Waals surface area (Å²) >= 11 is 6.78. The fourth-order valence-corrected chi connectivity index (χ4v) is 0. The van der Waals surface area contributed by atoms with Gasteiger partial charge in [-0.15, -0.1) is 0 Å². The van der Waals surface area contributed by atoms with Crippen LogP contribution in [0.1, 0.15) is 0 Å². The average molecular weight is 158 g/mol. The first-order valence-corrected chi connectivity index (χ1v) is 0.926. The number of rotatable bonds is 0. The zero-order valence-electron chi connectivity index (χ0n) is 1.95. The first kappa shape index (κ1) is 16.6. The van der Waals surface area contributed by atoms with E-state index in [1.165, 1.54) is 0 Å². The molecular formula is Cl2MnO2. The van der Waals surface area contributed by atoms with Gasteiger partial charge in [0.05, 0.1) is 0 Å². The molecule has 0 N–H and O–H groups in total. The van der Waals surface area contributed by atoms with Crippen LogP contribution in [0.5, 0.6) is 0 Å². The Kier molecular flexibility index (Phi) is 260. The maximum Gasteiger partial charge on any atom is 2.00 e. The van der Waals surface area contributed by atoms with Gasteiger partial charge in [-0.2, -0.15) is 0 Å². The van der Waals surface area contributed by atoms with Gasteiger partial charge in [-0.05, 0) is 0 Å². The Hall–Kier alpha value is 1.02. The third kappa shape index (κ3) is 44.0. The first-order valence-electron chi connectivity index (χ1n) is 0.309. The second-order valence-electron chi connectivity index (χ2n) is 0. The van der Waals surface area contributed by atoms with E-state index in [0.717, 1.165) is 0 Å². The molecule has 0 spiro atoms. The van der Waals surface area contributed by atoms with Gasteiger partial charge in [-0.25, -0.2) is 23.7 Å². The Balaban J connectivity index is -0.0000000133. The molecule has 0 rings (SSSR count). The number of hydrogen-bond acceptors (Lipinski definition) is 2. The molecule has 5 heteroatoms. The molecular weight excluding hydrogens is 158 g/mol. The summed E-state index contributed by atoms with van der Waals surface area (Å²) in [5.74, 6) is 0. The quantitative estimate of drug-likeness (QED) is 0.424. The van der Waals surface area contributed by atoms with Crippen molar-refractivity contribution in [3.8, 4) is 0 Å². The van der Waals surface area contributed by atoms with Crippen molar-refractivity contribution in [3.05, 3.63) is 0 Å². The van der Waals surface area contributed by atoms with Crippen LogP contribution in [-0.2, 0) is 17.1 Å². The summed E-state index contributed by atoms with van der Waals surface area (Å²) in [7, 11) is 0. The molecule has 0 aliphatic carbocycles. The zero-order valence-corrected chi connectivity index (χ0v) is 4.64. The summed E-state index contributed by atoms with van der Waals surface area (Å²) in [6.45, 7) is 0. The molecule has 0 aromatic heterocycles. The van der Waals surface area contributed by atoms with Crippen LogP contribution in [0.4, 0.5) is 0 Å². The van der Waals surface area contributed by atoms with Crippen molar-refractivity contribution < 1.29 is 26.4 Å². The fourth-order valence-electron chi connectivity index (χ4n) is 0. The molecule has 0 saturated heterocycles. The second-order valence-corrected chi connectivity index (χ2v) is 0. The summed E-state index contributed by atoms with van der Waals surface area (Å²) in [5.41, 5.74) is 0. The van der Waals surface area contributed by atoms with Crippen LogP contribution >= 0.6 is 23.7 Å². The molecule has 0 saturated carbocycles. The molecule has 0 bridgehead atoms. The van der Waals surface area contributed by atoms with Crippen molar-refractivity contribution in [2.45, 2.75) is 0 Å². The molecule has 1 radical (unpaired) electrons. The summed E-state index contributed by atoms with van der Waals surface area (Å²) in [5, 5.41) is 0. The number of halogens is 2. The average Bonchev–Trinajstić information content (AvgIpc) is 1.50. The van der Waals surface area contributed by atoms with Gasteiger partial charge >= 0.3 is 17.1 Å². The summed E-state index contributed by atoms with van der Waals surface area (Å²) in [6.07, 6.45) is 0. The van der Waals surface area contributed by atoms with Crippen molar-refractivity contribution in [2.75, 3.05) is 0 Å². The third-order valence-electron chi connectivity index (χ3n) is 0. The summed E-state index contributed by atoms with van der Waals surface area (Å²) < 4.78 is 15.4. The normalized spacial score (nSPS) is 2.40. The van der Waals surface area contributed by atoms with Crippen molar-refractivity contribution >= 4 is 23.7 Å². The minimum atomic E-state index is 0. The molecule has 2 nitrogen and oxygen atoms in total. The van der Waals surface area contributed by atoms with E-state index in [1.807, 2.05) is 0 Å². The minimum absolute atomic E-state index is 0. The standard InChI is InChI=1S/2ClO.Mn/c2*1-2;/q2*-1;+2. The fraction of sp³-hybridized carbons (Fsp3) is 0. The zero-order chi connectivity index (χ0) is 4.00. The van der Waals surface area contributed by atoms with E-state index in [9.17, 15) is 0 Å². The van der Waals surface area contributed by atoms with E-state index in [0.29, 0.717) is 0 Å². The smallest absolute Gasteiger partial charge is 0.769 e. The largest absolute Gasteiger partial charge is 2.00 e. The van der Waals surface area contributed by atoms with Gasteiger partial charge in [-0.3, -0.25) is 0 Å². The Morgan fingerprint density at radius 3 is 0.800 bits per heavy atom. The van der Waals surface area contributed by atoms with Crippen LogP contribution < -0.4 is 9.32 Å². The van der Waals surface area contributed by atoms with Crippen molar-refractivity contribution in [2.24, 2.45) is 0 Å². The van der Waals surface area contributed by atoms with E-state index in [4.69, 9.17) is 9.32 Å². The van der Waals surface area contributed by atoms with Gasteiger partial charge in [0.2, 0.25) is 0 Å². The van der Waals surface area contributed by atoms with Crippen molar-refractivity contribution in [3.63, 3.8) is 0 Å². The first-order chi connectivity index (χ1) is 2.00. The van der Waals surface area contributed by atoms with Gasteiger partial charge in [0.1, 0.15) is 0 Å². The van der Waals surface area contributed by atoms with Crippen LogP contribution in [0.15, 0.2) is 0 Å². The SMILES string of the molecule is [Mn+2].[O-]Cl.[O-]Cl. The molecule has 0 heterocycles. The van der Waals surface area contributed by atoms with Crippen LogP contribution in [0.2, 0.25) is 0 Å². The van der Waals surface area contributed by atoms with Gasteiger partial charge in [0.15, 0.2) is 0 Å². The van der Waals surface area contributed by atoms with Gasteiger partial charge in [0.25, 0.3) is 0 Å². The van der Waals surface area contributed by atoms with Gasteiger partial charge < -0.3 is 9.32 Å². The maximum atomic E-state index is 7.72. The van der Waals surface area contributed by atoms with Crippen molar-refractivity contribution in [1.82, 2.24) is 0 Å². The Morgan fingerprint density at radius 2 is 0.800 bits per heavy atom. The summed E-state index contributed by atoms with van der Waals surface area (Å²) in [6, 6.07) is 0. The predicted molar refractivity (Wildman–Crippen MR) is 11.7 cm³/mol. The van der Waals surface area contributed by atoms with Crippen LogP contribution in [0, 0.1) is 0 Å². The molecule has 0 aliphatic rings. The second kappa shape index (κ2) is 78.0.